The molecular formula is C20H27N5O. The summed E-state index contributed by atoms with van der Waals surface area (Å²) >= 11 is 0. The molecule has 26 heavy (non-hydrogen) atoms. The zero-order valence-corrected chi connectivity index (χ0v) is 15.8. The summed E-state index contributed by atoms with van der Waals surface area (Å²) in [4.78, 5) is 16.6. The zero-order chi connectivity index (χ0) is 18.5. The molecule has 1 atom stereocenters. The van der Waals surface area contributed by atoms with Crippen molar-refractivity contribution in [3.05, 3.63) is 53.6 Å². The highest BCUT2D eigenvalue weighted by Gasteiger charge is 2.27. The van der Waals surface area contributed by atoms with Crippen molar-refractivity contribution in [1.29, 1.82) is 0 Å². The van der Waals surface area contributed by atoms with Gasteiger partial charge in [0.25, 0.3) is 0 Å². The average molecular weight is 353 g/mol. The Kier molecular flexibility index (Phi) is 5.83. The largest absolute Gasteiger partial charge is 0.338 e. The Morgan fingerprint density at radius 1 is 1.27 bits per heavy atom. The van der Waals surface area contributed by atoms with Crippen LogP contribution in [0.25, 0.3) is 6.08 Å². The number of aromatic nitrogens is 3. The molecule has 1 amide bonds. The molecule has 0 radical (unpaired) electrons. The first-order valence-electron chi connectivity index (χ1n) is 9.09. The Balaban J connectivity index is 1.66. The van der Waals surface area contributed by atoms with Crippen molar-refractivity contribution in [2.24, 2.45) is 7.05 Å². The summed E-state index contributed by atoms with van der Waals surface area (Å²) < 4.78 is 2.08. The maximum atomic E-state index is 12.6. The number of carbonyl (C=O) groups excluding carboxylic acids is 1. The Bertz CT molecular complexity index is 766. The first kappa shape index (κ1) is 18.3. The van der Waals surface area contributed by atoms with Crippen LogP contribution in [0.4, 0.5) is 0 Å². The van der Waals surface area contributed by atoms with Crippen LogP contribution in [0.15, 0.2) is 36.4 Å². The third kappa shape index (κ3) is 4.38. The Hall–Kier alpha value is -2.47. The molecule has 6 nitrogen and oxygen atoms in total. The van der Waals surface area contributed by atoms with Gasteiger partial charge in [-0.25, -0.2) is 0 Å². The minimum atomic E-state index is 0.0641. The second-order valence-electron chi connectivity index (χ2n) is 7.14. The number of benzene rings is 1. The SMILES string of the molecule is CN(C)Cc1nnc(C2CCCN(C(=O)/C=C/c3ccccc3)C2)n1C. The summed E-state index contributed by atoms with van der Waals surface area (Å²) in [5.74, 6) is 2.24. The van der Waals surface area contributed by atoms with Crippen molar-refractivity contribution < 1.29 is 4.79 Å². The first-order valence-corrected chi connectivity index (χ1v) is 9.09. The standard InChI is InChI=1S/C20H27N5O/c1-23(2)15-18-21-22-20(24(18)3)17-10-7-13-25(14-17)19(26)12-11-16-8-5-4-6-9-16/h4-6,8-9,11-12,17H,7,10,13-15H2,1-3H3/b12-11+. The van der Waals surface area contributed by atoms with E-state index in [1.165, 1.54) is 0 Å². The lowest BCUT2D eigenvalue weighted by Crippen LogP contribution is -2.38. The molecule has 138 valence electrons. The van der Waals surface area contributed by atoms with Crippen LogP contribution in [0.2, 0.25) is 0 Å². The van der Waals surface area contributed by atoms with Gasteiger partial charge in [0.1, 0.15) is 11.6 Å². The van der Waals surface area contributed by atoms with Crippen molar-refractivity contribution in [3.8, 4) is 0 Å². The summed E-state index contributed by atoms with van der Waals surface area (Å²) in [6.45, 7) is 2.27. The van der Waals surface area contributed by atoms with Gasteiger partial charge in [-0.05, 0) is 38.6 Å². The molecule has 1 fully saturated rings. The molecule has 6 heteroatoms. The van der Waals surface area contributed by atoms with E-state index in [0.717, 1.165) is 43.1 Å². The van der Waals surface area contributed by atoms with Crippen LogP contribution in [0.3, 0.4) is 0 Å². The van der Waals surface area contributed by atoms with E-state index in [2.05, 4.69) is 19.7 Å². The zero-order valence-electron chi connectivity index (χ0n) is 15.8. The summed E-state index contributed by atoms with van der Waals surface area (Å²) in [6, 6.07) is 9.91. The Labute approximate surface area is 155 Å². The number of amides is 1. The number of hydrogen-bond acceptors (Lipinski definition) is 4. The lowest BCUT2D eigenvalue weighted by atomic mass is 9.97. The minimum absolute atomic E-state index is 0.0641. The third-order valence-corrected chi connectivity index (χ3v) is 4.77. The summed E-state index contributed by atoms with van der Waals surface area (Å²) in [7, 11) is 6.06. The van der Waals surface area contributed by atoms with Crippen LogP contribution < -0.4 is 0 Å². The van der Waals surface area contributed by atoms with Crippen LogP contribution in [0.5, 0.6) is 0 Å². The molecule has 0 saturated carbocycles. The molecule has 0 N–H and O–H groups in total. The smallest absolute Gasteiger partial charge is 0.246 e. The van der Waals surface area contributed by atoms with Crippen molar-refractivity contribution in [2.45, 2.75) is 25.3 Å². The van der Waals surface area contributed by atoms with Gasteiger partial charge in [0.2, 0.25) is 5.91 Å². The van der Waals surface area contributed by atoms with E-state index in [9.17, 15) is 4.79 Å². The summed E-state index contributed by atoms with van der Waals surface area (Å²) in [5, 5.41) is 8.74. The molecular weight excluding hydrogens is 326 g/mol. The fraction of sp³-hybridized carbons (Fsp3) is 0.450. The molecule has 2 aromatic rings. The number of rotatable bonds is 5. The number of piperidine rings is 1. The topological polar surface area (TPSA) is 54.3 Å². The molecule has 2 heterocycles. The van der Waals surface area contributed by atoms with E-state index in [-0.39, 0.29) is 11.8 Å². The molecule has 1 unspecified atom stereocenters. The van der Waals surface area contributed by atoms with Crippen LogP contribution in [-0.2, 0) is 18.4 Å². The second-order valence-corrected chi connectivity index (χ2v) is 7.14. The summed E-state index contributed by atoms with van der Waals surface area (Å²) in [6.07, 6.45) is 5.58. The van der Waals surface area contributed by atoms with Gasteiger partial charge < -0.3 is 14.4 Å². The number of carbonyl (C=O) groups is 1. The molecule has 1 aromatic heterocycles. The van der Waals surface area contributed by atoms with Gasteiger partial charge in [0, 0.05) is 32.1 Å². The highest BCUT2D eigenvalue weighted by Crippen LogP contribution is 2.26. The van der Waals surface area contributed by atoms with Gasteiger partial charge >= 0.3 is 0 Å². The van der Waals surface area contributed by atoms with Gasteiger partial charge in [-0.3, -0.25) is 4.79 Å². The lowest BCUT2D eigenvalue weighted by molar-refractivity contribution is -0.127. The lowest BCUT2D eigenvalue weighted by Gasteiger charge is -2.31. The molecule has 0 aliphatic carbocycles. The Morgan fingerprint density at radius 3 is 2.77 bits per heavy atom. The van der Waals surface area contributed by atoms with Crippen LogP contribution in [0.1, 0.15) is 36.0 Å². The number of nitrogens with zero attached hydrogens (tertiary/aromatic N) is 5. The first-order chi connectivity index (χ1) is 12.5. The normalized spacial score (nSPS) is 18.0. The van der Waals surface area contributed by atoms with E-state index >= 15 is 0 Å². The van der Waals surface area contributed by atoms with Gasteiger partial charge in [-0.15, -0.1) is 10.2 Å². The number of hydrogen-bond donors (Lipinski definition) is 0. The van der Waals surface area contributed by atoms with Crippen molar-refractivity contribution in [2.75, 3.05) is 27.2 Å². The van der Waals surface area contributed by atoms with E-state index in [1.54, 1.807) is 6.08 Å². The molecule has 1 aliphatic heterocycles. The maximum Gasteiger partial charge on any atom is 0.246 e. The highest BCUT2D eigenvalue weighted by molar-refractivity contribution is 5.91. The second kappa shape index (κ2) is 8.27. The van der Waals surface area contributed by atoms with Crippen molar-refractivity contribution >= 4 is 12.0 Å². The maximum absolute atomic E-state index is 12.6. The predicted molar refractivity (Wildman–Crippen MR) is 102 cm³/mol. The van der Waals surface area contributed by atoms with E-state index in [1.807, 2.05) is 62.5 Å². The third-order valence-electron chi connectivity index (χ3n) is 4.77. The van der Waals surface area contributed by atoms with Gasteiger partial charge in [0.05, 0.1) is 6.54 Å². The molecule has 1 aliphatic rings. The van der Waals surface area contributed by atoms with Crippen molar-refractivity contribution in [1.82, 2.24) is 24.6 Å². The van der Waals surface area contributed by atoms with Crippen LogP contribution in [-0.4, -0.2) is 57.7 Å². The predicted octanol–water partition coefficient (Wildman–Crippen LogP) is 2.30. The van der Waals surface area contributed by atoms with E-state index in [0.29, 0.717) is 6.54 Å². The summed E-state index contributed by atoms with van der Waals surface area (Å²) in [5.41, 5.74) is 1.04. The molecule has 0 spiro atoms. The fourth-order valence-electron chi connectivity index (χ4n) is 3.38. The minimum Gasteiger partial charge on any atom is -0.338 e. The van der Waals surface area contributed by atoms with Crippen molar-refractivity contribution in [3.63, 3.8) is 0 Å². The van der Waals surface area contributed by atoms with Crippen LogP contribution in [0, 0.1) is 0 Å². The fourth-order valence-corrected chi connectivity index (χ4v) is 3.38. The van der Waals surface area contributed by atoms with Gasteiger partial charge in [-0.1, -0.05) is 30.3 Å². The van der Waals surface area contributed by atoms with E-state index < -0.39 is 0 Å². The Morgan fingerprint density at radius 2 is 2.04 bits per heavy atom. The van der Waals surface area contributed by atoms with Crippen LogP contribution >= 0.6 is 0 Å². The molecule has 1 saturated heterocycles. The monoisotopic (exact) mass is 353 g/mol. The van der Waals surface area contributed by atoms with Gasteiger partial charge in [0.15, 0.2) is 0 Å². The molecule has 1 aromatic carbocycles. The highest BCUT2D eigenvalue weighted by atomic mass is 16.2. The number of likely N-dealkylation sites (tertiary alicyclic amines) is 1. The van der Waals surface area contributed by atoms with Gasteiger partial charge in [-0.2, -0.15) is 0 Å². The van der Waals surface area contributed by atoms with E-state index in [4.69, 9.17) is 0 Å². The molecule has 0 bridgehead atoms. The quantitative estimate of drug-likeness (QED) is 0.774. The average Bonchev–Trinajstić information content (AvgIpc) is 3.00. The molecule has 3 rings (SSSR count).